The second-order valence-corrected chi connectivity index (χ2v) is 3.22. The highest BCUT2D eigenvalue weighted by molar-refractivity contribution is 6.34. The fourth-order valence-electron chi connectivity index (χ4n) is 1.24. The van der Waals surface area contributed by atoms with E-state index in [0.717, 1.165) is 0 Å². The highest BCUT2D eigenvalue weighted by Gasteiger charge is 2.18. The minimum absolute atomic E-state index is 0.164. The van der Waals surface area contributed by atoms with E-state index in [1.54, 1.807) is 13.1 Å². The maximum absolute atomic E-state index is 11.4. The molecule has 0 aliphatic heterocycles. The molecular formula is C9H10ClN3O. The predicted molar refractivity (Wildman–Crippen MR) is 52.2 cm³/mol. The molecule has 1 aromatic rings. The molecule has 0 aromatic carbocycles. The van der Waals surface area contributed by atoms with Gasteiger partial charge < -0.3 is 0 Å². The molecule has 0 aliphatic carbocycles. The van der Waals surface area contributed by atoms with Crippen LogP contribution in [0.5, 0.6) is 0 Å². The Bertz CT molecular complexity index is 403. The third-order valence-electron chi connectivity index (χ3n) is 1.89. The summed E-state index contributed by atoms with van der Waals surface area (Å²) in [5, 5.41) is 12.9. The van der Waals surface area contributed by atoms with E-state index in [-0.39, 0.29) is 12.2 Å². The number of nitriles is 1. The quantitative estimate of drug-likeness (QED) is 0.716. The van der Waals surface area contributed by atoms with Crippen LogP contribution >= 0.6 is 11.6 Å². The number of nitrogens with zero attached hydrogens (tertiary/aromatic N) is 3. The van der Waals surface area contributed by atoms with E-state index in [1.807, 2.05) is 6.92 Å². The van der Waals surface area contributed by atoms with Gasteiger partial charge in [-0.05, 0) is 6.42 Å². The van der Waals surface area contributed by atoms with Crippen LogP contribution in [-0.2, 0) is 13.5 Å². The predicted octanol–water partition coefficient (Wildman–Crippen LogP) is 1.73. The number of aromatic nitrogens is 2. The Labute approximate surface area is 87.1 Å². The number of ketones is 1. The van der Waals surface area contributed by atoms with Crippen molar-refractivity contribution in [3.05, 3.63) is 16.4 Å². The van der Waals surface area contributed by atoms with Crippen LogP contribution in [0.25, 0.3) is 0 Å². The lowest BCUT2D eigenvalue weighted by molar-refractivity contribution is 0.0989. The summed E-state index contributed by atoms with van der Waals surface area (Å²) < 4.78 is 1.43. The summed E-state index contributed by atoms with van der Waals surface area (Å²) in [6.07, 6.45) is 0.509. The summed E-state index contributed by atoms with van der Waals surface area (Å²) in [5.74, 6) is -0.285. The smallest absolute Gasteiger partial charge is 0.196 e. The third-order valence-corrected chi connectivity index (χ3v) is 2.29. The van der Waals surface area contributed by atoms with Crippen LogP contribution in [-0.4, -0.2) is 15.6 Å². The van der Waals surface area contributed by atoms with E-state index in [9.17, 15) is 4.79 Å². The molecule has 0 spiro atoms. The average Bonchev–Trinajstić information content (AvgIpc) is 2.41. The van der Waals surface area contributed by atoms with Crippen molar-refractivity contribution in [3.8, 4) is 6.07 Å². The minimum Gasteiger partial charge on any atom is -0.291 e. The van der Waals surface area contributed by atoms with Crippen molar-refractivity contribution in [1.29, 1.82) is 5.26 Å². The van der Waals surface area contributed by atoms with E-state index in [2.05, 4.69) is 5.10 Å². The zero-order valence-corrected chi connectivity index (χ0v) is 8.80. The van der Waals surface area contributed by atoms with Gasteiger partial charge in [0.05, 0.1) is 16.8 Å². The van der Waals surface area contributed by atoms with Gasteiger partial charge in [-0.25, -0.2) is 0 Å². The summed E-state index contributed by atoms with van der Waals surface area (Å²) in [5.41, 5.74) is 1.01. The number of rotatable bonds is 3. The molecule has 74 valence electrons. The molecule has 0 saturated heterocycles. The average molecular weight is 212 g/mol. The van der Waals surface area contributed by atoms with Crippen LogP contribution in [0.15, 0.2) is 0 Å². The molecule has 0 atom stereocenters. The number of hydrogen-bond donors (Lipinski definition) is 0. The SMILES string of the molecule is CCc1nn(C)c(C(=O)CC#N)c1Cl. The van der Waals surface area contributed by atoms with E-state index in [4.69, 9.17) is 16.9 Å². The van der Waals surface area contributed by atoms with Gasteiger partial charge in [-0.3, -0.25) is 9.48 Å². The zero-order chi connectivity index (χ0) is 10.7. The molecule has 0 N–H and O–H groups in total. The minimum atomic E-state index is -0.285. The van der Waals surface area contributed by atoms with E-state index in [0.29, 0.717) is 22.8 Å². The van der Waals surface area contributed by atoms with Crippen molar-refractivity contribution in [2.45, 2.75) is 19.8 Å². The van der Waals surface area contributed by atoms with Gasteiger partial charge >= 0.3 is 0 Å². The number of aryl methyl sites for hydroxylation is 2. The number of Topliss-reactive ketones (excluding diaryl/α,β-unsaturated/α-hetero) is 1. The lowest BCUT2D eigenvalue weighted by Crippen LogP contribution is -2.06. The molecule has 1 rings (SSSR count). The van der Waals surface area contributed by atoms with Crippen LogP contribution < -0.4 is 0 Å². The van der Waals surface area contributed by atoms with Gasteiger partial charge in [-0.1, -0.05) is 18.5 Å². The number of hydrogen-bond acceptors (Lipinski definition) is 3. The first-order valence-corrected chi connectivity index (χ1v) is 4.61. The Balaban J connectivity index is 3.15. The number of carbonyl (C=O) groups excluding carboxylic acids is 1. The Hall–Kier alpha value is -1.34. The van der Waals surface area contributed by atoms with Crippen LogP contribution in [0.4, 0.5) is 0 Å². The highest BCUT2D eigenvalue weighted by Crippen LogP contribution is 2.21. The summed E-state index contributed by atoms with van der Waals surface area (Å²) in [7, 11) is 1.65. The molecule has 4 nitrogen and oxygen atoms in total. The summed E-state index contributed by atoms with van der Waals surface area (Å²) in [4.78, 5) is 11.4. The molecule has 0 amide bonds. The van der Waals surface area contributed by atoms with Crippen molar-refractivity contribution in [2.24, 2.45) is 7.05 Å². The first-order valence-electron chi connectivity index (χ1n) is 4.23. The summed E-state index contributed by atoms with van der Waals surface area (Å²) in [6.45, 7) is 1.91. The van der Waals surface area contributed by atoms with Gasteiger partial charge in [0.15, 0.2) is 5.78 Å². The standard InChI is InChI=1S/C9H10ClN3O/c1-3-6-8(10)9(13(2)12-6)7(14)4-5-11/h3-4H2,1-2H3. The molecule has 5 heteroatoms. The fraction of sp³-hybridized carbons (Fsp3) is 0.444. The first-order chi connectivity index (χ1) is 6.61. The molecule has 14 heavy (non-hydrogen) atoms. The second-order valence-electron chi connectivity index (χ2n) is 2.84. The Kier molecular flexibility index (Phi) is 3.26. The van der Waals surface area contributed by atoms with Crippen molar-refractivity contribution in [3.63, 3.8) is 0 Å². The topological polar surface area (TPSA) is 58.7 Å². The van der Waals surface area contributed by atoms with Crippen LogP contribution in [0.2, 0.25) is 5.02 Å². The van der Waals surface area contributed by atoms with Crippen molar-refractivity contribution >= 4 is 17.4 Å². The van der Waals surface area contributed by atoms with E-state index in [1.165, 1.54) is 4.68 Å². The molecule has 1 heterocycles. The van der Waals surface area contributed by atoms with Gasteiger partial charge in [-0.15, -0.1) is 0 Å². The highest BCUT2D eigenvalue weighted by atomic mass is 35.5. The largest absolute Gasteiger partial charge is 0.291 e. The monoisotopic (exact) mass is 211 g/mol. The molecule has 0 unspecified atom stereocenters. The molecule has 0 fully saturated rings. The number of carbonyl (C=O) groups is 1. The maximum atomic E-state index is 11.4. The van der Waals surface area contributed by atoms with Gasteiger partial charge in [0.25, 0.3) is 0 Å². The molecule has 1 aromatic heterocycles. The van der Waals surface area contributed by atoms with E-state index >= 15 is 0 Å². The lowest BCUT2D eigenvalue weighted by Gasteiger charge is -1.96. The third kappa shape index (κ3) is 1.78. The van der Waals surface area contributed by atoms with Crippen LogP contribution in [0.3, 0.4) is 0 Å². The zero-order valence-electron chi connectivity index (χ0n) is 8.04. The Morgan fingerprint density at radius 1 is 1.71 bits per heavy atom. The molecule has 0 aliphatic rings. The van der Waals surface area contributed by atoms with Gasteiger partial charge in [-0.2, -0.15) is 10.4 Å². The summed E-state index contributed by atoms with van der Waals surface area (Å²) in [6, 6.07) is 1.80. The summed E-state index contributed by atoms with van der Waals surface area (Å²) >= 11 is 5.95. The normalized spacial score (nSPS) is 9.86. The van der Waals surface area contributed by atoms with Crippen molar-refractivity contribution in [1.82, 2.24) is 9.78 Å². The number of halogens is 1. The Morgan fingerprint density at radius 2 is 2.36 bits per heavy atom. The first kappa shape index (κ1) is 10.7. The van der Waals surface area contributed by atoms with Crippen molar-refractivity contribution < 1.29 is 4.79 Å². The Morgan fingerprint density at radius 3 is 2.79 bits per heavy atom. The fourth-order valence-corrected chi connectivity index (χ4v) is 1.64. The van der Waals surface area contributed by atoms with E-state index < -0.39 is 0 Å². The lowest BCUT2D eigenvalue weighted by atomic mass is 10.2. The molecule has 0 radical (unpaired) electrons. The molecule has 0 saturated carbocycles. The maximum Gasteiger partial charge on any atom is 0.196 e. The van der Waals surface area contributed by atoms with Gasteiger partial charge in [0, 0.05) is 7.05 Å². The molecule has 0 bridgehead atoms. The van der Waals surface area contributed by atoms with Crippen LogP contribution in [0, 0.1) is 11.3 Å². The van der Waals surface area contributed by atoms with Crippen LogP contribution in [0.1, 0.15) is 29.5 Å². The van der Waals surface area contributed by atoms with Crippen molar-refractivity contribution in [2.75, 3.05) is 0 Å². The van der Waals surface area contributed by atoms with Gasteiger partial charge in [0.2, 0.25) is 0 Å². The van der Waals surface area contributed by atoms with Gasteiger partial charge in [0.1, 0.15) is 12.1 Å². The second kappa shape index (κ2) is 4.25. The molecular weight excluding hydrogens is 202 g/mol.